The van der Waals surface area contributed by atoms with Gasteiger partial charge in [0.25, 0.3) is 0 Å². The molecule has 2 rings (SSSR count). The second-order valence-corrected chi connectivity index (χ2v) is 9.75. The maximum atomic E-state index is 12.2. The molecule has 0 bridgehead atoms. The van der Waals surface area contributed by atoms with Crippen molar-refractivity contribution in [2.24, 2.45) is 5.92 Å². The highest BCUT2D eigenvalue weighted by Crippen LogP contribution is 2.30. The summed E-state index contributed by atoms with van der Waals surface area (Å²) in [7, 11) is 0. The Morgan fingerprint density at radius 1 is 1.28 bits per heavy atom. The molecule has 0 saturated carbocycles. The van der Waals surface area contributed by atoms with Gasteiger partial charge in [-0.25, -0.2) is 0 Å². The zero-order valence-corrected chi connectivity index (χ0v) is 17.5. The van der Waals surface area contributed by atoms with E-state index in [2.05, 4.69) is 75.3 Å². The molecule has 1 heterocycles. The van der Waals surface area contributed by atoms with Gasteiger partial charge in [-0.3, -0.25) is 10.1 Å². The Morgan fingerprint density at radius 3 is 2.64 bits per heavy atom. The van der Waals surface area contributed by atoms with Gasteiger partial charge in [0.15, 0.2) is 0 Å². The van der Waals surface area contributed by atoms with E-state index < -0.39 is 0 Å². The van der Waals surface area contributed by atoms with Crippen LogP contribution in [0.15, 0.2) is 23.1 Å². The quantitative estimate of drug-likeness (QED) is 0.714. The highest BCUT2D eigenvalue weighted by Gasteiger charge is 2.16. The van der Waals surface area contributed by atoms with E-state index in [0.717, 1.165) is 16.3 Å². The lowest BCUT2D eigenvalue weighted by Crippen LogP contribution is -2.14. The summed E-state index contributed by atoms with van der Waals surface area (Å²) in [6, 6.07) is 6.49. The van der Waals surface area contributed by atoms with Crippen LogP contribution in [-0.4, -0.2) is 21.9 Å². The molecule has 0 aliphatic carbocycles. The Bertz CT molecular complexity index is 733. The molecule has 0 aliphatic heterocycles. The lowest BCUT2D eigenvalue weighted by atomic mass is 9.87. The number of hydrogen-bond donors (Lipinski definition) is 1. The molecular formula is C19H27N3OS2. The maximum Gasteiger partial charge on any atom is 0.236 e. The molecule has 4 nitrogen and oxygen atoms in total. The molecule has 1 aromatic heterocycles. The van der Waals surface area contributed by atoms with Crippen molar-refractivity contribution in [2.45, 2.75) is 58.3 Å². The molecule has 0 fully saturated rings. The van der Waals surface area contributed by atoms with Gasteiger partial charge in [0.2, 0.25) is 11.0 Å². The summed E-state index contributed by atoms with van der Waals surface area (Å²) < 4.78 is 0. The third-order valence-corrected chi connectivity index (χ3v) is 5.73. The molecule has 0 spiro atoms. The standard InChI is InChI=1S/C19H27N3OS2/c1-12(2)9-17-21-22-18(25-17)20-16(23)11-24-15-10-14(19(4,5)6)8-7-13(15)3/h7-8,10,12H,9,11H2,1-6H3,(H,20,22,23). The molecule has 0 radical (unpaired) electrons. The number of nitrogens with zero attached hydrogens (tertiary/aromatic N) is 2. The van der Waals surface area contributed by atoms with Crippen molar-refractivity contribution in [3.05, 3.63) is 34.3 Å². The van der Waals surface area contributed by atoms with Crippen LogP contribution in [0.1, 0.15) is 50.8 Å². The van der Waals surface area contributed by atoms with Crippen LogP contribution in [-0.2, 0) is 16.6 Å². The van der Waals surface area contributed by atoms with E-state index in [-0.39, 0.29) is 11.3 Å². The first-order chi connectivity index (χ1) is 11.6. The summed E-state index contributed by atoms with van der Waals surface area (Å²) >= 11 is 3.02. The number of carbonyl (C=O) groups excluding carboxylic acids is 1. The monoisotopic (exact) mass is 377 g/mol. The van der Waals surface area contributed by atoms with Gasteiger partial charge in [0.05, 0.1) is 5.75 Å². The number of benzene rings is 1. The number of anilines is 1. The van der Waals surface area contributed by atoms with Crippen molar-refractivity contribution in [3.8, 4) is 0 Å². The Morgan fingerprint density at radius 2 is 2.00 bits per heavy atom. The minimum Gasteiger partial charge on any atom is -0.300 e. The normalized spacial score (nSPS) is 11.8. The Hall–Kier alpha value is -1.40. The molecule has 2 aromatic rings. The molecule has 6 heteroatoms. The molecule has 1 amide bonds. The minimum atomic E-state index is -0.0437. The second kappa shape index (κ2) is 8.32. The zero-order valence-electron chi connectivity index (χ0n) is 15.8. The molecule has 0 aliphatic rings. The van der Waals surface area contributed by atoms with Gasteiger partial charge in [0, 0.05) is 11.3 Å². The van der Waals surface area contributed by atoms with Crippen LogP contribution in [0.5, 0.6) is 0 Å². The van der Waals surface area contributed by atoms with Crippen LogP contribution in [0.4, 0.5) is 5.13 Å². The van der Waals surface area contributed by atoms with Crippen LogP contribution < -0.4 is 5.32 Å². The smallest absolute Gasteiger partial charge is 0.236 e. The van der Waals surface area contributed by atoms with E-state index in [9.17, 15) is 4.79 Å². The molecule has 0 atom stereocenters. The van der Waals surface area contributed by atoms with Gasteiger partial charge in [-0.15, -0.1) is 22.0 Å². The molecular weight excluding hydrogens is 350 g/mol. The van der Waals surface area contributed by atoms with Crippen LogP contribution in [0, 0.1) is 12.8 Å². The lowest BCUT2D eigenvalue weighted by molar-refractivity contribution is -0.113. The minimum absolute atomic E-state index is 0.0437. The van der Waals surface area contributed by atoms with Crippen molar-refractivity contribution < 1.29 is 4.79 Å². The fraction of sp³-hybridized carbons (Fsp3) is 0.526. The predicted molar refractivity (Wildman–Crippen MR) is 108 cm³/mol. The summed E-state index contributed by atoms with van der Waals surface area (Å²) in [6.07, 6.45) is 0.890. The third-order valence-electron chi connectivity index (χ3n) is 3.71. The molecule has 1 N–H and O–H groups in total. The van der Waals surface area contributed by atoms with Crippen LogP contribution in [0.25, 0.3) is 0 Å². The number of amides is 1. The Balaban J connectivity index is 1.95. The van der Waals surface area contributed by atoms with Crippen LogP contribution in [0.2, 0.25) is 0 Å². The van der Waals surface area contributed by atoms with Crippen molar-refractivity contribution in [2.75, 3.05) is 11.1 Å². The topological polar surface area (TPSA) is 54.9 Å². The predicted octanol–water partition coefficient (Wildman–Crippen LogP) is 5.07. The van der Waals surface area contributed by atoms with E-state index in [1.165, 1.54) is 22.5 Å². The van der Waals surface area contributed by atoms with E-state index >= 15 is 0 Å². The van der Waals surface area contributed by atoms with Gasteiger partial charge in [0.1, 0.15) is 5.01 Å². The summed E-state index contributed by atoms with van der Waals surface area (Å²) in [5.74, 6) is 0.857. The largest absolute Gasteiger partial charge is 0.300 e. The highest BCUT2D eigenvalue weighted by atomic mass is 32.2. The molecule has 1 aromatic carbocycles. The van der Waals surface area contributed by atoms with Gasteiger partial charge in [-0.1, -0.05) is 58.1 Å². The number of hydrogen-bond acceptors (Lipinski definition) is 5. The summed E-state index contributed by atoms with van der Waals surface area (Å²) in [5, 5.41) is 12.6. The number of carbonyl (C=O) groups is 1. The zero-order chi connectivity index (χ0) is 18.6. The average molecular weight is 378 g/mol. The number of aromatic nitrogens is 2. The average Bonchev–Trinajstić information content (AvgIpc) is 2.91. The first-order valence-electron chi connectivity index (χ1n) is 8.51. The number of thioether (sulfide) groups is 1. The van der Waals surface area contributed by atoms with Crippen LogP contribution in [0.3, 0.4) is 0 Å². The van der Waals surface area contributed by atoms with E-state index in [4.69, 9.17) is 0 Å². The molecule has 136 valence electrons. The van der Waals surface area contributed by atoms with Crippen LogP contribution >= 0.6 is 23.1 Å². The van der Waals surface area contributed by atoms with Gasteiger partial charge in [-0.2, -0.15) is 0 Å². The van der Waals surface area contributed by atoms with E-state index in [1.54, 1.807) is 11.8 Å². The summed E-state index contributed by atoms with van der Waals surface area (Å²) in [5.41, 5.74) is 2.58. The second-order valence-electron chi connectivity index (χ2n) is 7.67. The molecule has 0 unspecified atom stereocenters. The molecule has 0 saturated heterocycles. The summed E-state index contributed by atoms with van der Waals surface area (Å²) in [4.78, 5) is 13.4. The van der Waals surface area contributed by atoms with Crippen molar-refractivity contribution in [3.63, 3.8) is 0 Å². The first kappa shape index (κ1) is 19.9. The first-order valence-corrected chi connectivity index (χ1v) is 10.3. The number of aryl methyl sites for hydroxylation is 1. The van der Waals surface area contributed by atoms with Gasteiger partial charge in [-0.05, 0) is 35.4 Å². The van der Waals surface area contributed by atoms with Crippen molar-refractivity contribution in [1.29, 1.82) is 0 Å². The van der Waals surface area contributed by atoms with Gasteiger partial charge < -0.3 is 0 Å². The highest BCUT2D eigenvalue weighted by molar-refractivity contribution is 8.00. The van der Waals surface area contributed by atoms with Gasteiger partial charge >= 0.3 is 0 Å². The summed E-state index contributed by atoms with van der Waals surface area (Å²) in [6.45, 7) is 13.0. The SMILES string of the molecule is Cc1ccc(C(C)(C)C)cc1SCC(=O)Nc1nnc(CC(C)C)s1. The number of nitrogens with one attached hydrogen (secondary N) is 1. The fourth-order valence-electron chi connectivity index (χ4n) is 2.26. The molecule has 25 heavy (non-hydrogen) atoms. The Labute approximate surface area is 158 Å². The van der Waals surface area contributed by atoms with Crippen molar-refractivity contribution in [1.82, 2.24) is 10.2 Å². The third kappa shape index (κ3) is 6.12. The van der Waals surface area contributed by atoms with Crippen molar-refractivity contribution >= 4 is 34.1 Å². The Kier molecular flexibility index (Phi) is 6.63. The van der Waals surface area contributed by atoms with E-state index in [0.29, 0.717) is 16.8 Å². The fourth-order valence-corrected chi connectivity index (χ4v) is 4.09. The van der Waals surface area contributed by atoms with E-state index in [1.807, 2.05) is 0 Å². The maximum absolute atomic E-state index is 12.2. The lowest BCUT2D eigenvalue weighted by Gasteiger charge is -2.20. The number of rotatable bonds is 6.